The Hall–Kier alpha value is -3.30. The highest BCUT2D eigenvalue weighted by molar-refractivity contribution is 5.60. The molecule has 1 atom stereocenters. The molecular formula is C20H18F4N6. The van der Waals surface area contributed by atoms with E-state index in [2.05, 4.69) is 25.1 Å². The predicted octanol–water partition coefficient (Wildman–Crippen LogP) is 4.40. The number of aryl methyl sites for hydroxylation is 4. The van der Waals surface area contributed by atoms with Crippen LogP contribution in [0.15, 0.2) is 12.1 Å². The molecule has 6 nitrogen and oxygen atoms in total. The molecule has 1 aromatic carbocycles. The molecule has 10 heteroatoms. The van der Waals surface area contributed by atoms with Gasteiger partial charge in [-0.05, 0) is 51.8 Å². The zero-order valence-electron chi connectivity index (χ0n) is 16.9. The van der Waals surface area contributed by atoms with Gasteiger partial charge in [0.2, 0.25) is 17.7 Å². The van der Waals surface area contributed by atoms with E-state index < -0.39 is 34.8 Å². The van der Waals surface area contributed by atoms with E-state index in [4.69, 9.17) is 0 Å². The van der Waals surface area contributed by atoms with Gasteiger partial charge in [-0.25, -0.2) is 28.1 Å². The number of hydrogen-bond donors (Lipinski definition) is 1. The minimum atomic E-state index is -2.55. The van der Waals surface area contributed by atoms with E-state index in [1.54, 1.807) is 26.8 Å². The predicted molar refractivity (Wildman–Crippen MR) is 101 cm³/mol. The van der Waals surface area contributed by atoms with Crippen molar-refractivity contribution in [2.24, 2.45) is 0 Å². The monoisotopic (exact) mass is 418 g/mol. The fourth-order valence-electron chi connectivity index (χ4n) is 3.70. The van der Waals surface area contributed by atoms with Crippen molar-refractivity contribution in [1.29, 1.82) is 0 Å². The standard InChI is InChI=1S/C20H18F4N6/c1-8-6-9(2)13(12(21)7-8)20(5,24)15-19-25-10(3)16(22)30(19)17(23)14(27-15)18-26-11(4)28-29-18/h6-7H,1-5H3,(H,26,28,29). The van der Waals surface area contributed by atoms with Crippen LogP contribution in [0.3, 0.4) is 0 Å². The summed E-state index contributed by atoms with van der Waals surface area (Å²) in [5.74, 6) is -2.77. The quantitative estimate of drug-likeness (QED) is 0.501. The molecule has 0 saturated heterocycles. The Morgan fingerprint density at radius 2 is 1.67 bits per heavy atom. The van der Waals surface area contributed by atoms with Crippen LogP contribution in [0.5, 0.6) is 0 Å². The Kier molecular flexibility index (Phi) is 4.41. The average Bonchev–Trinajstić information content (AvgIpc) is 3.18. The fourth-order valence-corrected chi connectivity index (χ4v) is 3.70. The summed E-state index contributed by atoms with van der Waals surface area (Å²) in [5.41, 5.74) is -3.36. The normalized spacial score (nSPS) is 13.8. The Bertz CT molecular complexity index is 1280. The molecule has 0 aliphatic rings. The molecule has 156 valence electrons. The maximum Gasteiger partial charge on any atom is 0.231 e. The number of fused-ring (bicyclic) bond motifs is 1. The fraction of sp³-hybridized carbons (Fsp3) is 0.300. The van der Waals surface area contributed by atoms with Gasteiger partial charge in [0.1, 0.15) is 17.3 Å². The summed E-state index contributed by atoms with van der Waals surface area (Å²) in [6, 6.07) is 2.81. The van der Waals surface area contributed by atoms with E-state index in [-0.39, 0.29) is 22.7 Å². The number of aromatic nitrogens is 6. The summed E-state index contributed by atoms with van der Waals surface area (Å²) in [6.45, 7) is 7.22. The Morgan fingerprint density at radius 1 is 0.967 bits per heavy atom. The van der Waals surface area contributed by atoms with Gasteiger partial charge in [0.05, 0.1) is 5.69 Å². The molecule has 3 aromatic heterocycles. The van der Waals surface area contributed by atoms with Crippen LogP contribution in [0.4, 0.5) is 17.6 Å². The van der Waals surface area contributed by atoms with Crippen molar-refractivity contribution < 1.29 is 17.6 Å². The summed E-state index contributed by atoms with van der Waals surface area (Å²) >= 11 is 0. The minimum absolute atomic E-state index is 0.155. The van der Waals surface area contributed by atoms with Crippen molar-refractivity contribution in [2.75, 3.05) is 0 Å². The zero-order chi connectivity index (χ0) is 22.0. The first-order chi connectivity index (χ1) is 14.0. The van der Waals surface area contributed by atoms with E-state index in [9.17, 15) is 8.78 Å². The molecule has 3 heterocycles. The number of nitrogens with zero attached hydrogens (tertiary/aromatic N) is 5. The number of alkyl halides is 1. The highest BCUT2D eigenvalue weighted by atomic mass is 19.2. The maximum atomic E-state index is 16.3. The molecule has 0 fully saturated rings. The van der Waals surface area contributed by atoms with Crippen molar-refractivity contribution in [3.8, 4) is 11.5 Å². The molecule has 0 aliphatic heterocycles. The van der Waals surface area contributed by atoms with Crippen LogP contribution in [0.25, 0.3) is 17.2 Å². The van der Waals surface area contributed by atoms with Crippen LogP contribution >= 0.6 is 0 Å². The lowest BCUT2D eigenvalue weighted by atomic mass is 9.89. The number of halogens is 4. The van der Waals surface area contributed by atoms with Crippen LogP contribution in [0, 0.1) is 45.4 Å². The highest BCUT2D eigenvalue weighted by Crippen LogP contribution is 2.40. The van der Waals surface area contributed by atoms with Crippen molar-refractivity contribution in [1.82, 2.24) is 29.5 Å². The number of imidazole rings is 1. The van der Waals surface area contributed by atoms with Crippen LogP contribution in [-0.2, 0) is 5.67 Å². The van der Waals surface area contributed by atoms with Crippen LogP contribution in [0.1, 0.15) is 40.8 Å². The molecule has 1 unspecified atom stereocenters. The average molecular weight is 418 g/mol. The van der Waals surface area contributed by atoms with Crippen molar-refractivity contribution in [2.45, 2.75) is 40.3 Å². The summed E-state index contributed by atoms with van der Waals surface area (Å²) in [4.78, 5) is 12.0. The van der Waals surface area contributed by atoms with E-state index in [0.717, 1.165) is 6.92 Å². The molecule has 4 aromatic rings. The van der Waals surface area contributed by atoms with Gasteiger partial charge in [-0.2, -0.15) is 13.9 Å². The van der Waals surface area contributed by atoms with Gasteiger partial charge in [0.15, 0.2) is 17.0 Å². The smallest absolute Gasteiger partial charge is 0.231 e. The van der Waals surface area contributed by atoms with Gasteiger partial charge in [0.25, 0.3) is 0 Å². The van der Waals surface area contributed by atoms with Gasteiger partial charge in [0, 0.05) is 5.56 Å². The second kappa shape index (κ2) is 6.61. The van der Waals surface area contributed by atoms with Crippen molar-refractivity contribution in [3.63, 3.8) is 0 Å². The summed E-state index contributed by atoms with van der Waals surface area (Å²) in [7, 11) is 0. The van der Waals surface area contributed by atoms with E-state index in [1.807, 2.05) is 0 Å². The van der Waals surface area contributed by atoms with Crippen molar-refractivity contribution >= 4 is 5.65 Å². The largest absolute Gasteiger partial charge is 0.263 e. The Morgan fingerprint density at radius 3 is 2.27 bits per heavy atom. The number of rotatable bonds is 3. The number of hydrogen-bond acceptors (Lipinski definition) is 4. The van der Waals surface area contributed by atoms with Crippen LogP contribution in [0.2, 0.25) is 0 Å². The lowest BCUT2D eigenvalue weighted by Gasteiger charge is -2.24. The maximum absolute atomic E-state index is 16.3. The molecule has 0 radical (unpaired) electrons. The first-order valence-corrected chi connectivity index (χ1v) is 9.12. The lowest BCUT2D eigenvalue weighted by molar-refractivity contribution is 0.235. The summed E-state index contributed by atoms with van der Waals surface area (Å²) < 4.78 is 61.4. The number of nitrogens with one attached hydrogen (secondary N) is 1. The molecule has 0 amide bonds. The molecule has 0 bridgehead atoms. The Balaban J connectivity index is 2.10. The van der Waals surface area contributed by atoms with Crippen LogP contribution < -0.4 is 0 Å². The molecule has 0 aliphatic carbocycles. The van der Waals surface area contributed by atoms with Crippen molar-refractivity contribution in [3.05, 3.63) is 63.7 Å². The minimum Gasteiger partial charge on any atom is -0.263 e. The number of H-pyrrole nitrogens is 1. The zero-order valence-corrected chi connectivity index (χ0v) is 16.9. The number of benzene rings is 1. The SMILES string of the molecule is Cc1cc(C)c(C(C)(F)c2nc(-c3n[nH]c(C)n3)c(F)n3c(F)c(C)nc23)c(F)c1. The van der Waals surface area contributed by atoms with E-state index in [0.29, 0.717) is 21.4 Å². The van der Waals surface area contributed by atoms with Crippen LogP contribution in [-0.4, -0.2) is 29.5 Å². The van der Waals surface area contributed by atoms with Gasteiger partial charge in [-0.1, -0.05) is 6.07 Å². The summed E-state index contributed by atoms with van der Waals surface area (Å²) in [5, 5.41) is 6.38. The van der Waals surface area contributed by atoms with Gasteiger partial charge >= 0.3 is 0 Å². The third-order valence-corrected chi connectivity index (χ3v) is 4.96. The Labute approximate surface area is 169 Å². The summed E-state index contributed by atoms with van der Waals surface area (Å²) in [6.07, 6.45) is 0. The third kappa shape index (κ3) is 2.86. The second-order valence-electron chi connectivity index (χ2n) is 7.43. The molecule has 0 saturated carbocycles. The molecular weight excluding hydrogens is 400 g/mol. The molecule has 30 heavy (non-hydrogen) atoms. The first-order valence-electron chi connectivity index (χ1n) is 9.12. The second-order valence-corrected chi connectivity index (χ2v) is 7.43. The van der Waals surface area contributed by atoms with Gasteiger partial charge in [-0.15, -0.1) is 0 Å². The molecule has 4 rings (SSSR count). The van der Waals surface area contributed by atoms with E-state index >= 15 is 8.78 Å². The molecule has 0 spiro atoms. The third-order valence-electron chi connectivity index (χ3n) is 4.96. The number of aromatic amines is 1. The highest BCUT2D eigenvalue weighted by Gasteiger charge is 2.39. The van der Waals surface area contributed by atoms with Gasteiger partial charge in [-0.3, -0.25) is 5.10 Å². The molecule has 1 N–H and O–H groups in total. The van der Waals surface area contributed by atoms with E-state index in [1.165, 1.54) is 13.0 Å². The van der Waals surface area contributed by atoms with Gasteiger partial charge < -0.3 is 0 Å². The topological polar surface area (TPSA) is 71.8 Å². The first kappa shape index (κ1) is 20.0. The lowest BCUT2D eigenvalue weighted by Crippen LogP contribution is -2.25.